The van der Waals surface area contributed by atoms with E-state index in [1.165, 1.54) is 0 Å². The molecular weight excluding hydrogens is 364 g/mol. The number of hydrogen-bond donors (Lipinski definition) is 2. The van der Waals surface area contributed by atoms with Crippen LogP contribution in [-0.4, -0.2) is 27.7 Å². The molecule has 3 rings (SSSR count). The van der Waals surface area contributed by atoms with Crippen molar-refractivity contribution in [2.45, 2.75) is 6.54 Å². The lowest BCUT2D eigenvalue weighted by molar-refractivity contribution is 0.0951. The minimum Gasteiger partial charge on any atom is -0.497 e. The van der Waals surface area contributed by atoms with Gasteiger partial charge in [0, 0.05) is 17.8 Å². The topological polar surface area (TPSA) is 84.5 Å². The molecule has 0 radical (unpaired) electrons. The van der Waals surface area contributed by atoms with E-state index in [0.717, 1.165) is 28.3 Å². The maximum absolute atomic E-state index is 12.3. The van der Waals surface area contributed by atoms with Gasteiger partial charge in [0.05, 0.1) is 13.4 Å². The third-order valence-corrected chi connectivity index (χ3v) is 4.62. The Morgan fingerprint density at radius 3 is 2.30 bits per heavy atom. The number of carbonyl (C=O) groups excluding carboxylic acids is 1. The maximum atomic E-state index is 12.3. The monoisotopic (exact) mass is 384 g/mol. The van der Waals surface area contributed by atoms with Crippen molar-refractivity contribution < 1.29 is 17.9 Å². The Labute approximate surface area is 158 Å². The second-order valence-electron chi connectivity index (χ2n) is 6.18. The van der Waals surface area contributed by atoms with Crippen LogP contribution in [0.25, 0.3) is 10.8 Å². The molecular formula is C20H20N2O4S. The lowest BCUT2D eigenvalue weighted by atomic mass is 10.1. The van der Waals surface area contributed by atoms with Crippen LogP contribution in [0.5, 0.6) is 5.75 Å². The highest BCUT2D eigenvalue weighted by Crippen LogP contribution is 2.22. The number of carbonyl (C=O) groups is 1. The first kappa shape index (κ1) is 18.7. The average molecular weight is 384 g/mol. The number of benzene rings is 3. The summed E-state index contributed by atoms with van der Waals surface area (Å²) in [6.07, 6.45) is 1.08. The van der Waals surface area contributed by atoms with Crippen molar-refractivity contribution in [2.24, 2.45) is 0 Å². The lowest BCUT2D eigenvalue weighted by Gasteiger charge is -2.09. The van der Waals surface area contributed by atoms with Crippen LogP contribution in [0, 0.1) is 0 Å². The minimum atomic E-state index is -3.34. The van der Waals surface area contributed by atoms with Crippen molar-refractivity contribution >= 4 is 32.4 Å². The fourth-order valence-corrected chi connectivity index (χ4v) is 3.26. The number of anilines is 1. The molecule has 1 amide bonds. The van der Waals surface area contributed by atoms with Crippen LogP contribution in [-0.2, 0) is 16.6 Å². The van der Waals surface area contributed by atoms with Gasteiger partial charge in [-0.05, 0) is 58.8 Å². The summed E-state index contributed by atoms with van der Waals surface area (Å²) in [7, 11) is -1.70. The highest BCUT2D eigenvalue weighted by Gasteiger charge is 2.07. The van der Waals surface area contributed by atoms with E-state index in [-0.39, 0.29) is 5.91 Å². The molecule has 0 atom stereocenters. The van der Waals surface area contributed by atoms with Crippen LogP contribution in [0.1, 0.15) is 15.9 Å². The molecule has 3 aromatic rings. The smallest absolute Gasteiger partial charge is 0.251 e. The van der Waals surface area contributed by atoms with Crippen LogP contribution >= 0.6 is 0 Å². The second kappa shape index (κ2) is 7.67. The Balaban J connectivity index is 1.65. The van der Waals surface area contributed by atoms with Crippen LogP contribution in [0.15, 0.2) is 60.7 Å². The lowest BCUT2D eigenvalue weighted by Crippen LogP contribution is -2.22. The number of nitrogens with one attached hydrogen (secondary N) is 2. The van der Waals surface area contributed by atoms with Crippen molar-refractivity contribution in [1.82, 2.24) is 5.32 Å². The van der Waals surface area contributed by atoms with Crippen molar-refractivity contribution in [3.63, 3.8) is 0 Å². The molecule has 7 heteroatoms. The van der Waals surface area contributed by atoms with Crippen LogP contribution in [0.2, 0.25) is 0 Å². The third kappa shape index (κ3) is 4.98. The molecule has 2 N–H and O–H groups in total. The summed E-state index contributed by atoms with van der Waals surface area (Å²) >= 11 is 0. The standard InChI is InChI=1S/C20H20N2O4S/c1-26-19-10-7-16-11-14(3-4-17(16)12-19)13-21-20(23)15-5-8-18(9-6-15)22-27(2,24)25/h3-12,22H,13H2,1-2H3,(H,21,23). The molecule has 3 aromatic carbocycles. The predicted molar refractivity (Wildman–Crippen MR) is 107 cm³/mol. The Bertz CT molecular complexity index is 1080. The molecule has 0 saturated heterocycles. The zero-order chi connectivity index (χ0) is 19.4. The van der Waals surface area contributed by atoms with Gasteiger partial charge < -0.3 is 10.1 Å². The molecule has 140 valence electrons. The molecule has 0 aliphatic carbocycles. The van der Waals surface area contributed by atoms with Gasteiger partial charge in [-0.1, -0.05) is 18.2 Å². The molecule has 6 nitrogen and oxygen atoms in total. The van der Waals surface area contributed by atoms with Gasteiger partial charge in [-0.25, -0.2) is 8.42 Å². The van der Waals surface area contributed by atoms with Crippen molar-refractivity contribution in [1.29, 1.82) is 0 Å². The zero-order valence-corrected chi connectivity index (χ0v) is 15.8. The molecule has 0 spiro atoms. The summed E-state index contributed by atoms with van der Waals surface area (Å²) in [6, 6.07) is 18.1. The largest absolute Gasteiger partial charge is 0.497 e. The SMILES string of the molecule is COc1ccc2cc(CNC(=O)c3ccc(NS(C)(=O)=O)cc3)ccc2c1. The number of fused-ring (bicyclic) bond motifs is 1. The molecule has 0 heterocycles. The number of hydrogen-bond acceptors (Lipinski definition) is 4. The fourth-order valence-electron chi connectivity index (χ4n) is 2.70. The van der Waals surface area contributed by atoms with E-state index >= 15 is 0 Å². The molecule has 0 aliphatic rings. The number of amides is 1. The van der Waals surface area contributed by atoms with Gasteiger partial charge in [-0.2, -0.15) is 0 Å². The summed E-state index contributed by atoms with van der Waals surface area (Å²) < 4.78 is 30.0. The van der Waals surface area contributed by atoms with Gasteiger partial charge in [0.25, 0.3) is 5.91 Å². The van der Waals surface area contributed by atoms with E-state index in [4.69, 9.17) is 4.74 Å². The quantitative estimate of drug-likeness (QED) is 0.684. The van der Waals surface area contributed by atoms with E-state index < -0.39 is 10.0 Å². The molecule has 0 bridgehead atoms. The Kier molecular flexibility index (Phi) is 5.32. The Morgan fingerprint density at radius 2 is 1.63 bits per heavy atom. The summed E-state index contributed by atoms with van der Waals surface area (Å²) in [5.74, 6) is 0.577. The molecule has 0 saturated carbocycles. The number of ether oxygens (including phenoxy) is 1. The number of sulfonamides is 1. The fraction of sp³-hybridized carbons (Fsp3) is 0.150. The maximum Gasteiger partial charge on any atom is 0.251 e. The third-order valence-electron chi connectivity index (χ3n) is 4.02. The van der Waals surface area contributed by atoms with Gasteiger partial charge in [0.2, 0.25) is 10.0 Å². The highest BCUT2D eigenvalue weighted by atomic mass is 32.2. The van der Waals surface area contributed by atoms with Crippen molar-refractivity contribution in [3.8, 4) is 5.75 Å². The second-order valence-corrected chi connectivity index (χ2v) is 7.93. The first-order valence-electron chi connectivity index (χ1n) is 8.27. The molecule has 27 heavy (non-hydrogen) atoms. The van der Waals surface area contributed by atoms with Gasteiger partial charge in [-0.15, -0.1) is 0 Å². The van der Waals surface area contributed by atoms with Gasteiger partial charge in [0.15, 0.2) is 0 Å². The minimum absolute atomic E-state index is 0.226. The summed E-state index contributed by atoms with van der Waals surface area (Å²) in [5, 5.41) is 5.00. The zero-order valence-electron chi connectivity index (χ0n) is 15.0. The first-order chi connectivity index (χ1) is 12.8. The first-order valence-corrected chi connectivity index (χ1v) is 10.2. The van der Waals surface area contributed by atoms with Gasteiger partial charge in [0.1, 0.15) is 5.75 Å². The summed E-state index contributed by atoms with van der Waals surface area (Å²) in [6.45, 7) is 0.393. The Hall–Kier alpha value is -3.06. The normalized spacial score (nSPS) is 11.2. The van der Waals surface area contributed by atoms with Crippen molar-refractivity contribution in [3.05, 3.63) is 71.8 Å². The Morgan fingerprint density at radius 1 is 0.963 bits per heavy atom. The number of methoxy groups -OCH3 is 1. The van der Waals surface area contributed by atoms with Crippen LogP contribution in [0.3, 0.4) is 0 Å². The summed E-state index contributed by atoms with van der Waals surface area (Å²) in [5.41, 5.74) is 1.86. The van der Waals surface area contributed by atoms with Gasteiger partial charge >= 0.3 is 0 Å². The highest BCUT2D eigenvalue weighted by molar-refractivity contribution is 7.92. The van der Waals surface area contributed by atoms with Crippen LogP contribution in [0.4, 0.5) is 5.69 Å². The van der Waals surface area contributed by atoms with E-state index in [1.54, 1.807) is 31.4 Å². The van der Waals surface area contributed by atoms with Crippen LogP contribution < -0.4 is 14.8 Å². The average Bonchev–Trinajstić information content (AvgIpc) is 2.64. The molecule has 0 aromatic heterocycles. The van der Waals surface area contributed by atoms with Gasteiger partial charge in [-0.3, -0.25) is 9.52 Å². The van der Waals surface area contributed by atoms with Crippen molar-refractivity contribution in [2.75, 3.05) is 18.1 Å². The molecule has 0 fully saturated rings. The summed E-state index contributed by atoms with van der Waals surface area (Å²) in [4.78, 5) is 12.3. The molecule has 0 unspecified atom stereocenters. The molecule has 0 aliphatic heterocycles. The van der Waals surface area contributed by atoms with E-state index in [2.05, 4.69) is 10.0 Å². The number of rotatable bonds is 6. The van der Waals surface area contributed by atoms with E-state index in [9.17, 15) is 13.2 Å². The van der Waals surface area contributed by atoms with E-state index in [1.807, 2.05) is 36.4 Å². The van der Waals surface area contributed by atoms with E-state index in [0.29, 0.717) is 17.8 Å². The predicted octanol–water partition coefficient (Wildman–Crippen LogP) is 3.15.